The Morgan fingerprint density at radius 1 is 1.21 bits per heavy atom. The molecule has 3 heteroatoms. The molecule has 0 aliphatic heterocycles. The molecule has 1 aromatic carbocycles. The highest BCUT2D eigenvalue weighted by atomic mass is 15.3. The third kappa shape index (κ3) is 3.04. The molecule has 2 N–H and O–H groups in total. The minimum atomic E-state index is 0.248. The number of hydrogen-bond acceptors (Lipinski definition) is 2. The van der Waals surface area contributed by atoms with E-state index in [4.69, 9.17) is 5.73 Å². The van der Waals surface area contributed by atoms with Crippen molar-refractivity contribution in [3.63, 3.8) is 0 Å². The molecule has 2 rings (SSSR count). The second kappa shape index (κ2) is 5.57. The fourth-order valence-corrected chi connectivity index (χ4v) is 2.36. The molecule has 2 aromatic rings. The van der Waals surface area contributed by atoms with Crippen molar-refractivity contribution in [3.05, 3.63) is 46.8 Å². The van der Waals surface area contributed by atoms with Gasteiger partial charge in [0.25, 0.3) is 0 Å². The second-order valence-corrected chi connectivity index (χ2v) is 5.32. The van der Waals surface area contributed by atoms with E-state index in [0.717, 1.165) is 29.9 Å². The molecule has 0 spiro atoms. The van der Waals surface area contributed by atoms with Crippen molar-refractivity contribution in [1.29, 1.82) is 0 Å². The van der Waals surface area contributed by atoms with Gasteiger partial charge in [-0.3, -0.25) is 0 Å². The van der Waals surface area contributed by atoms with Gasteiger partial charge in [0.05, 0.1) is 11.4 Å². The Kier molecular flexibility index (Phi) is 4.05. The van der Waals surface area contributed by atoms with Gasteiger partial charge in [0.1, 0.15) is 0 Å². The van der Waals surface area contributed by atoms with Gasteiger partial charge in [-0.1, -0.05) is 13.0 Å². The van der Waals surface area contributed by atoms with Gasteiger partial charge in [0, 0.05) is 11.7 Å². The molecule has 3 nitrogen and oxygen atoms in total. The van der Waals surface area contributed by atoms with Crippen molar-refractivity contribution in [2.45, 2.75) is 46.6 Å². The fourth-order valence-electron chi connectivity index (χ4n) is 2.36. The van der Waals surface area contributed by atoms with Crippen molar-refractivity contribution >= 4 is 0 Å². The molecule has 0 aliphatic rings. The van der Waals surface area contributed by atoms with E-state index in [1.54, 1.807) is 0 Å². The standard InChI is InChI=1S/C16H23N3/c1-5-15(17)10-14-6-7-16(8-11(14)2)19-13(4)9-12(3)18-19/h6-9,15H,5,10,17H2,1-4H3. The smallest absolute Gasteiger partial charge is 0.0651 e. The maximum absolute atomic E-state index is 6.03. The highest BCUT2D eigenvalue weighted by Gasteiger charge is 2.08. The number of nitrogens with two attached hydrogens (primary N) is 1. The number of nitrogens with zero attached hydrogens (tertiary/aromatic N) is 2. The zero-order chi connectivity index (χ0) is 14.0. The lowest BCUT2D eigenvalue weighted by Gasteiger charge is -2.13. The van der Waals surface area contributed by atoms with Crippen LogP contribution in [0.1, 0.15) is 35.9 Å². The van der Waals surface area contributed by atoms with Crippen LogP contribution in [0.3, 0.4) is 0 Å². The first-order valence-corrected chi connectivity index (χ1v) is 6.90. The van der Waals surface area contributed by atoms with Crippen LogP contribution in [0.25, 0.3) is 5.69 Å². The molecule has 0 amide bonds. The molecule has 102 valence electrons. The van der Waals surface area contributed by atoms with E-state index in [-0.39, 0.29) is 6.04 Å². The summed E-state index contributed by atoms with van der Waals surface area (Å²) in [7, 11) is 0. The summed E-state index contributed by atoms with van der Waals surface area (Å²) in [5.74, 6) is 0. The van der Waals surface area contributed by atoms with E-state index in [1.807, 2.05) is 11.6 Å². The van der Waals surface area contributed by atoms with Crippen LogP contribution in [0.15, 0.2) is 24.3 Å². The Hall–Kier alpha value is -1.61. The fraction of sp³-hybridized carbons (Fsp3) is 0.438. The van der Waals surface area contributed by atoms with Crippen LogP contribution in [-0.4, -0.2) is 15.8 Å². The zero-order valence-corrected chi connectivity index (χ0v) is 12.3. The molecule has 0 fully saturated rings. The van der Waals surface area contributed by atoms with Crippen LogP contribution in [0, 0.1) is 20.8 Å². The lowest BCUT2D eigenvalue weighted by molar-refractivity contribution is 0.644. The quantitative estimate of drug-likeness (QED) is 0.914. The third-order valence-electron chi connectivity index (χ3n) is 3.59. The van der Waals surface area contributed by atoms with Crippen molar-refractivity contribution < 1.29 is 0 Å². The summed E-state index contributed by atoms with van der Waals surface area (Å²) in [4.78, 5) is 0. The summed E-state index contributed by atoms with van der Waals surface area (Å²) < 4.78 is 1.99. The predicted octanol–water partition coefficient (Wildman–Crippen LogP) is 3.08. The lowest BCUT2D eigenvalue weighted by atomic mass is 10.00. The minimum Gasteiger partial charge on any atom is -0.327 e. The molecule has 1 aromatic heterocycles. The maximum Gasteiger partial charge on any atom is 0.0651 e. The van der Waals surface area contributed by atoms with E-state index < -0.39 is 0 Å². The Morgan fingerprint density at radius 2 is 1.95 bits per heavy atom. The van der Waals surface area contributed by atoms with Crippen LogP contribution in [0.4, 0.5) is 0 Å². The first-order chi connectivity index (χ1) is 9.01. The topological polar surface area (TPSA) is 43.8 Å². The molecule has 1 heterocycles. The first kappa shape index (κ1) is 13.8. The molecule has 1 unspecified atom stereocenters. The molecule has 1 atom stereocenters. The first-order valence-electron chi connectivity index (χ1n) is 6.90. The largest absolute Gasteiger partial charge is 0.327 e. The molecule has 19 heavy (non-hydrogen) atoms. The van der Waals surface area contributed by atoms with Gasteiger partial charge in [0.2, 0.25) is 0 Å². The number of aromatic nitrogens is 2. The molecule has 0 aliphatic carbocycles. The van der Waals surface area contributed by atoms with E-state index in [0.29, 0.717) is 0 Å². The normalized spacial score (nSPS) is 12.7. The van der Waals surface area contributed by atoms with Crippen LogP contribution in [0.2, 0.25) is 0 Å². The van der Waals surface area contributed by atoms with Gasteiger partial charge in [-0.2, -0.15) is 5.10 Å². The van der Waals surface area contributed by atoms with E-state index in [2.05, 4.69) is 50.1 Å². The Balaban J connectivity index is 2.31. The molecule has 0 bridgehead atoms. The number of aryl methyl sites for hydroxylation is 3. The van der Waals surface area contributed by atoms with Crippen molar-refractivity contribution in [2.75, 3.05) is 0 Å². The third-order valence-corrected chi connectivity index (χ3v) is 3.59. The predicted molar refractivity (Wildman–Crippen MR) is 79.7 cm³/mol. The average molecular weight is 257 g/mol. The number of benzene rings is 1. The Labute approximate surface area is 115 Å². The molecular formula is C16H23N3. The van der Waals surface area contributed by atoms with Gasteiger partial charge in [-0.05, 0) is 62.9 Å². The van der Waals surface area contributed by atoms with Gasteiger partial charge in [-0.15, -0.1) is 0 Å². The lowest BCUT2D eigenvalue weighted by Crippen LogP contribution is -2.21. The van der Waals surface area contributed by atoms with Crippen LogP contribution in [0.5, 0.6) is 0 Å². The van der Waals surface area contributed by atoms with Crippen molar-refractivity contribution in [1.82, 2.24) is 9.78 Å². The highest BCUT2D eigenvalue weighted by molar-refractivity contribution is 5.41. The number of hydrogen-bond donors (Lipinski definition) is 1. The monoisotopic (exact) mass is 257 g/mol. The van der Waals surface area contributed by atoms with Gasteiger partial charge in [-0.25, -0.2) is 4.68 Å². The van der Waals surface area contributed by atoms with E-state index >= 15 is 0 Å². The summed E-state index contributed by atoms with van der Waals surface area (Å²) in [5.41, 5.74) is 12.0. The maximum atomic E-state index is 6.03. The molecular weight excluding hydrogens is 234 g/mol. The minimum absolute atomic E-state index is 0.248. The summed E-state index contributed by atoms with van der Waals surface area (Å²) in [5, 5.41) is 4.52. The van der Waals surface area contributed by atoms with Crippen LogP contribution in [-0.2, 0) is 6.42 Å². The van der Waals surface area contributed by atoms with Gasteiger partial charge >= 0.3 is 0 Å². The molecule has 0 saturated carbocycles. The van der Waals surface area contributed by atoms with Gasteiger partial charge in [0.15, 0.2) is 0 Å². The summed E-state index contributed by atoms with van der Waals surface area (Å²) in [6.07, 6.45) is 1.96. The SMILES string of the molecule is CCC(N)Cc1ccc(-n2nc(C)cc2C)cc1C. The van der Waals surface area contributed by atoms with E-state index in [1.165, 1.54) is 11.1 Å². The highest BCUT2D eigenvalue weighted by Crippen LogP contribution is 2.18. The summed E-state index contributed by atoms with van der Waals surface area (Å²) in [6, 6.07) is 8.84. The summed E-state index contributed by atoms with van der Waals surface area (Å²) >= 11 is 0. The van der Waals surface area contributed by atoms with Crippen molar-refractivity contribution in [2.24, 2.45) is 5.73 Å². The van der Waals surface area contributed by atoms with E-state index in [9.17, 15) is 0 Å². The average Bonchev–Trinajstić information content (AvgIpc) is 2.71. The number of rotatable bonds is 4. The summed E-state index contributed by atoms with van der Waals surface area (Å²) in [6.45, 7) is 8.37. The molecule has 0 saturated heterocycles. The Morgan fingerprint density at radius 3 is 2.47 bits per heavy atom. The van der Waals surface area contributed by atoms with Gasteiger partial charge < -0.3 is 5.73 Å². The zero-order valence-electron chi connectivity index (χ0n) is 12.3. The Bertz CT molecular complexity index is 569. The van der Waals surface area contributed by atoms with Crippen molar-refractivity contribution in [3.8, 4) is 5.69 Å². The van der Waals surface area contributed by atoms with Crippen LogP contribution < -0.4 is 5.73 Å². The molecule has 0 radical (unpaired) electrons. The second-order valence-electron chi connectivity index (χ2n) is 5.32. The van der Waals surface area contributed by atoms with Crippen LogP contribution >= 0.6 is 0 Å².